The minimum atomic E-state index is 0.00158. The summed E-state index contributed by atoms with van der Waals surface area (Å²) in [5.74, 6) is 3.17. The number of fused-ring (bicyclic) bond motifs is 2. The molecule has 2 aliphatic heterocycles. The fourth-order valence-corrected chi connectivity index (χ4v) is 4.16. The lowest BCUT2D eigenvalue weighted by Crippen LogP contribution is -2.51. The molecule has 6 nitrogen and oxygen atoms in total. The largest absolute Gasteiger partial charge is 0.484 e. The summed E-state index contributed by atoms with van der Waals surface area (Å²) in [5, 5.41) is 0. The number of piperazine rings is 1. The molecular formula is C27H27N3O3. The van der Waals surface area contributed by atoms with Crippen LogP contribution < -0.4 is 9.47 Å². The number of benzene rings is 3. The molecule has 0 atom stereocenters. The van der Waals surface area contributed by atoms with Crippen LogP contribution in [0.3, 0.4) is 0 Å². The summed E-state index contributed by atoms with van der Waals surface area (Å²) >= 11 is 0. The molecule has 168 valence electrons. The van der Waals surface area contributed by atoms with Crippen LogP contribution in [0, 0.1) is 13.8 Å². The number of para-hydroxylation sites is 1. The first-order chi connectivity index (χ1) is 16.1. The third-order valence-electron chi connectivity index (χ3n) is 5.97. The average Bonchev–Trinajstić information content (AvgIpc) is 2.99. The van der Waals surface area contributed by atoms with E-state index in [0.717, 1.165) is 39.7 Å². The van der Waals surface area contributed by atoms with E-state index in [4.69, 9.17) is 14.5 Å². The molecule has 5 rings (SSSR count). The molecule has 0 bridgehead atoms. The number of amides is 1. The van der Waals surface area contributed by atoms with Gasteiger partial charge in [0.25, 0.3) is 5.91 Å². The van der Waals surface area contributed by atoms with Crippen LogP contribution >= 0.6 is 0 Å². The summed E-state index contributed by atoms with van der Waals surface area (Å²) in [6, 6.07) is 21.7. The van der Waals surface area contributed by atoms with Crippen molar-refractivity contribution in [2.75, 3.05) is 32.8 Å². The molecule has 3 aromatic carbocycles. The van der Waals surface area contributed by atoms with Crippen LogP contribution in [0.5, 0.6) is 17.2 Å². The molecule has 0 unspecified atom stereocenters. The number of ether oxygens (including phenoxy) is 2. The van der Waals surface area contributed by atoms with Gasteiger partial charge in [-0.2, -0.15) is 0 Å². The first-order valence-electron chi connectivity index (χ1n) is 11.3. The van der Waals surface area contributed by atoms with Gasteiger partial charge < -0.3 is 19.3 Å². The minimum Gasteiger partial charge on any atom is -0.484 e. The Kier molecular flexibility index (Phi) is 5.73. The van der Waals surface area contributed by atoms with E-state index in [9.17, 15) is 4.79 Å². The first-order valence-corrected chi connectivity index (χ1v) is 11.3. The second-order valence-corrected chi connectivity index (χ2v) is 8.48. The van der Waals surface area contributed by atoms with Gasteiger partial charge in [-0.1, -0.05) is 35.9 Å². The number of aliphatic imine (C=N–C) groups is 1. The van der Waals surface area contributed by atoms with E-state index < -0.39 is 0 Å². The van der Waals surface area contributed by atoms with Crippen molar-refractivity contribution < 1.29 is 14.3 Å². The Bertz CT molecular complexity index is 1200. The van der Waals surface area contributed by atoms with Crippen LogP contribution in [-0.4, -0.2) is 54.3 Å². The van der Waals surface area contributed by atoms with E-state index in [0.29, 0.717) is 31.9 Å². The summed E-state index contributed by atoms with van der Waals surface area (Å²) in [7, 11) is 0. The molecule has 1 fully saturated rings. The van der Waals surface area contributed by atoms with Crippen molar-refractivity contribution >= 4 is 17.4 Å². The Morgan fingerprint density at radius 1 is 0.909 bits per heavy atom. The molecule has 0 aliphatic carbocycles. The first kappa shape index (κ1) is 21.1. The molecular weight excluding hydrogens is 414 g/mol. The predicted octanol–water partition coefficient (Wildman–Crippen LogP) is 4.71. The Labute approximate surface area is 194 Å². The third-order valence-corrected chi connectivity index (χ3v) is 5.97. The van der Waals surface area contributed by atoms with Crippen molar-refractivity contribution in [3.8, 4) is 17.2 Å². The number of rotatable bonds is 3. The van der Waals surface area contributed by atoms with E-state index >= 15 is 0 Å². The number of aryl methyl sites for hydroxylation is 2. The second-order valence-electron chi connectivity index (χ2n) is 8.48. The molecule has 1 amide bonds. The van der Waals surface area contributed by atoms with Crippen molar-refractivity contribution in [1.29, 1.82) is 0 Å². The molecule has 0 radical (unpaired) electrons. The van der Waals surface area contributed by atoms with E-state index in [2.05, 4.69) is 24.0 Å². The number of amidine groups is 1. The van der Waals surface area contributed by atoms with E-state index in [1.807, 2.05) is 66.4 Å². The molecule has 1 saturated heterocycles. The maximum atomic E-state index is 12.7. The number of nitrogens with zero attached hydrogens (tertiary/aromatic N) is 3. The van der Waals surface area contributed by atoms with E-state index in [1.54, 1.807) is 0 Å². The second kappa shape index (κ2) is 8.98. The zero-order valence-corrected chi connectivity index (χ0v) is 19.0. The fourth-order valence-electron chi connectivity index (χ4n) is 4.16. The lowest BCUT2D eigenvalue weighted by atomic mass is 10.1. The normalized spacial score (nSPS) is 15.0. The minimum absolute atomic E-state index is 0.00158. The van der Waals surface area contributed by atoms with Gasteiger partial charge in [0.15, 0.2) is 12.4 Å². The molecule has 0 aromatic heterocycles. The summed E-state index contributed by atoms with van der Waals surface area (Å²) in [5.41, 5.74) is 4.08. The number of carbonyl (C=O) groups excluding carboxylic acids is 1. The van der Waals surface area contributed by atoms with Crippen molar-refractivity contribution in [1.82, 2.24) is 9.80 Å². The van der Waals surface area contributed by atoms with Crippen LogP contribution in [0.15, 0.2) is 71.7 Å². The Balaban J connectivity index is 1.33. The van der Waals surface area contributed by atoms with Gasteiger partial charge in [-0.3, -0.25) is 4.79 Å². The maximum absolute atomic E-state index is 12.7. The number of carbonyl (C=O) groups is 1. The highest BCUT2D eigenvalue weighted by Crippen LogP contribution is 2.39. The van der Waals surface area contributed by atoms with Crippen LogP contribution in [0.2, 0.25) is 0 Å². The highest BCUT2D eigenvalue weighted by molar-refractivity contribution is 6.04. The Morgan fingerprint density at radius 3 is 2.42 bits per heavy atom. The van der Waals surface area contributed by atoms with Crippen LogP contribution in [0.1, 0.15) is 16.7 Å². The summed E-state index contributed by atoms with van der Waals surface area (Å²) in [6.45, 7) is 6.82. The van der Waals surface area contributed by atoms with Gasteiger partial charge in [-0.25, -0.2) is 4.99 Å². The lowest BCUT2D eigenvalue weighted by molar-refractivity contribution is -0.134. The lowest BCUT2D eigenvalue weighted by Gasteiger charge is -2.36. The number of hydrogen-bond acceptors (Lipinski definition) is 5. The highest BCUT2D eigenvalue weighted by atomic mass is 16.5. The summed E-state index contributed by atoms with van der Waals surface area (Å²) < 4.78 is 11.9. The standard InChI is InChI=1S/C27H27N3O3/c1-19-9-11-24-22(16-19)27(28-23-10-8-20(2)17-25(23)33-24)30-14-12-29(13-15-30)26(31)18-32-21-6-4-3-5-7-21/h3-11,16-17H,12-15,18H2,1-2H3. The van der Waals surface area contributed by atoms with Gasteiger partial charge >= 0.3 is 0 Å². The third kappa shape index (κ3) is 4.55. The van der Waals surface area contributed by atoms with Gasteiger partial charge in [0.05, 0.1) is 5.56 Å². The molecule has 2 aliphatic rings. The number of hydrogen-bond donors (Lipinski definition) is 0. The molecule has 6 heteroatoms. The predicted molar refractivity (Wildman–Crippen MR) is 129 cm³/mol. The zero-order chi connectivity index (χ0) is 22.8. The topological polar surface area (TPSA) is 54.4 Å². The fraction of sp³-hybridized carbons (Fsp3) is 0.259. The summed E-state index contributed by atoms with van der Waals surface area (Å²) in [4.78, 5) is 21.8. The van der Waals surface area contributed by atoms with Crippen LogP contribution in [-0.2, 0) is 4.79 Å². The Hall–Kier alpha value is -3.80. The molecule has 0 N–H and O–H groups in total. The monoisotopic (exact) mass is 441 g/mol. The molecule has 0 saturated carbocycles. The average molecular weight is 442 g/mol. The SMILES string of the molecule is Cc1ccc2c(c1)Oc1ccc(C)cc1C(N1CCN(C(=O)COc3ccccc3)CC1)=N2. The summed E-state index contributed by atoms with van der Waals surface area (Å²) in [6.07, 6.45) is 0. The van der Waals surface area contributed by atoms with Gasteiger partial charge in [-0.15, -0.1) is 0 Å². The molecule has 0 spiro atoms. The maximum Gasteiger partial charge on any atom is 0.260 e. The van der Waals surface area contributed by atoms with Gasteiger partial charge in [-0.05, 0) is 55.8 Å². The molecule has 33 heavy (non-hydrogen) atoms. The highest BCUT2D eigenvalue weighted by Gasteiger charge is 2.27. The quantitative estimate of drug-likeness (QED) is 0.591. The van der Waals surface area contributed by atoms with E-state index in [1.165, 1.54) is 0 Å². The van der Waals surface area contributed by atoms with Crippen molar-refractivity contribution in [3.63, 3.8) is 0 Å². The smallest absolute Gasteiger partial charge is 0.260 e. The molecule has 2 heterocycles. The Morgan fingerprint density at radius 2 is 1.64 bits per heavy atom. The van der Waals surface area contributed by atoms with Crippen molar-refractivity contribution in [3.05, 3.63) is 83.4 Å². The van der Waals surface area contributed by atoms with Crippen molar-refractivity contribution in [2.45, 2.75) is 13.8 Å². The van der Waals surface area contributed by atoms with Gasteiger partial charge in [0.1, 0.15) is 23.0 Å². The molecule has 3 aromatic rings. The van der Waals surface area contributed by atoms with E-state index in [-0.39, 0.29) is 12.5 Å². The van der Waals surface area contributed by atoms with Gasteiger partial charge in [0.2, 0.25) is 0 Å². The van der Waals surface area contributed by atoms with Crippen LogP contribution in [0.4, 0.5) is 5.69 Å². The zero-order valence-electron chi connectivity index (χ0n) is 19.0. The van der Waals surface area contributed by atoms with Gasteiger partial charge in [0, 0.05) is 26.2 Å². The van der Waals surface area contributed by atoms with Crippen LogP contribution in [0.25, 0.3) is 0 Å². The van der Waals surface area contributed by atoms with Crippen molar-refractivity contribution in [2.24, 2.45) is 4.99 Å².